The van der Waals surface area contributed by atoms with Gasteiger partial charge in [0.2, 0.25) is 0 Å². The SMILES string of the molecule is O=C(O)c1ccnc(N2CCCC3CCCC32)c1Cl. The molecule has 1 aromatic rings. The molecule has 4 nitrogen and oxygen atoms in total. The number of fused-ring (bicyclic) bond motifs is 1. The standard InChI is InChI=1S/C14H17ClN2O2/c15-12-10(14(18)19)6-7-16-13(12)17-8-2-4-9-3-1-5-11(9)17/h6-7,9,11H,1-5,8H2,(H,18,19). The molecule has 19 heavy (non-hydrogen) atoms. The van der Waals surface area contributed by atoms with Gasteiger partial charge in [0.1, 0.15) is 5.82 Å². The van der Waals surface area contributed by atoms with Crippen LogP contribution in [0.2, 0.25) is 5.02 Å². The number of carboxylic acid groups (broad SMARTS) is 1. The maximum absolute atomic E-state index is 11.2. The lowest BCUT2D eigenvalue weighted by Gasteiger charge is -2.39. The monoisotopic (exact) mass is 280 g/mol. The zero-order valence-corrected chi connectivity index (χ0v) is 11.4. The van der Waals surface area contributed by atoms with E-state index in [1.807, 2.05) is 0 Å². The summed E-state index contributed by atoms with van der Waals surface area (Å²) in [6, 6.07) is 1.95. The summed E-state index contributed by atoms with van der Waals surface area (Å²) < 4.78 is 0. The minimum Gasteiger partial charge on any atom is -0.478 e. The van der Waals surface area contributed by atoms with Crippen molar-refractivity contribution in [2.24, 2.45) is 5.92 Å². The van der Waals surface area contributed by atoms with Gasteiger partial charge in [-0.25, -0.2) is 9.78 Å². The molecule has 1 aliphatic heterocycles. The Hall–Kier alpha value is -1.29. The van der Waals surface area contributed by atoms with Crippen LogP contribution in [-0.2, 0) is 0 Å². The van der Waals surface area contributed by atoms with E-state index in [2.05, 4.69) is 9.88 Å². The van der Waals surface area contributed by atoms with Crippen molar-refractivity contribution in [3.05, 3.63) is 22.8 Å². The van der Waals surface area contributed by atoms with E-state index in [4.69, 9.17) is 16.7 Å². The Morgan fingerprint density at radius 1 is 1.37 bits per heavy atom. The average Bonchev–Trinajstić information content (AvgIpc) is 2.87. The molecule has 2 heterocycles. The molecular formula is C14H17ClN2O2. The topological polar surface area (TPSA) is 53.4 Å². The summed E-state index contributed by atoms with van der Waals surface area (Å²) in [5.41, 5.74) is 0.145. The van der Waals surface area contributed by atoms with Gasteiger partial charge in [0.05, 0.1) is 10.6 Å². The molecule has 2 unspecified atom stereocenters. The first-order valence-electron chi connectivity index (χ1n) is 6.83. The van der Waals surface area contributed by atoms with Crippen molar-refractivity contribution in [2.45, 2.75) is 38.1 Å². The van der Waals surface area contributed by atoms with Crippen LogP contribution in [0, 0.1) is 5.92 Å². The number of rotatable bonds is 2. The summed E-state index contributed by atoms with van der Waals surface area (Å²) in [4.78, 5) is 17.7. The molecule has 0 bridgehead atoms. The molecular weight excluding hydrogens is 264 g/mol. The van der Waals surface area contributed by atoms with E-state index >= 15 is 0 Å². The number of hydrogen-bond donors (Lipinski definition) is 1. The molecule has 2 fully saturated rings. The molecule has 1 saturated carbocycles. The number of aromatic carboxylic acids is 1. The van der Waals surface area contributed by atoms with E-state index in [-0.39, 0.29) is 10.6 Å². The zero-order valence-electron chi connectivity index (χ0n) is 10.7. The van der Waals surface area contributed by atoms with Crippen LogP contribution in [0.15, 0.2) is 12.3 Å². The molecule has 0 spiro atoms. The molecule has 1 aliphatic carbocycles. The summed E-state index contributed by atoms with van der Waals surface area (Å²) in [7, 11) is 0. The van der Waals surface area contributed by atoms with Crippen LogP contribution in [0.25, 0.3) is 0 Å². The molecule has 1 N–H and O–H groups in total. The van der Waals surface area contributed by atoms with Crippen molar-refractivity contribution < 1.29 is 9.90 Å². The molecule has 0 aromatic carbocycles. The first kappa shape index (κ1) is 12.7. The molecule has 3 rings (SSSR count). The van der Waals surface area contributed by atoms with Crippen molar-refractivity contribution >= 4 is 23.4 Å². The van der Waals surface area contributed by atoms with Crippen LogP contribution in [0.4, 0.5) is 5.82 Å². The predicted octanol–water partition coefficient (Wildman–Crippen LogP) is 3.20. The number of nitrogens with zero attached hydrogens (tertiary/aromatic N) is 2. The zero-order chi connectivity index (χ0) is 13.4. The maximum atomic E-state index is 11.2. The van der Waals surface area contributed by atoms with Gasteiger partial charge in [-0.05, 0) is 37.7 Å². The molecule has 102 valence electrons. The van der Waals surface area contributed by atoms with Crippen molar-refractivity contribution in [1.29, 1.82) is 0 Å². The Bertz CT molecular complexity index is 506. The Morgan fingerprint density at radius 3 is 2.95 bits per heavy atom. The summed E-state index contributed by atoms with van der Waals surface area (Å²) in [6.45, 7) is 0.928. The number of carbonyl (C=O) groups is 1. The van der Waals surface area contributed by atoms with Crippen LogP contribution in [0.3, 0.4) is 0 Å². The van der Waals surface area contributed by atoms with E-state index in [1.54, 1.807) is 6.20 Å². The lowest BCUT2D eigenvalue weighted by molar-refractivity contribution is 0.0697. The van der Waals surface area contributed by atoms with Crippen LogP contribution < -0.4 is 4.90 Å². The highest BCUT2D eigenvalue weighted by Gasteiger charge is 2.36. The lowest BCUT2D eigenvalue weighted by Crippen LogP contribution is -2.43. The Morgan fingerprint density at radius 2 is 2.16 bits per heavy atom. The summed E-state index contributed by atoms with van der Waals surface area (Å²) in [6.07, 6.45) is 7.65. The van der Waals surface area contributed by atoms with Gasteiger partial charge in [0, 0.05) is 18.8 Å². The highest BCUT2D eigenvalue weighted by molar-refractivity contribution is 6.35. The number of hydrogen-bond acceptors (Lipinski definition) is 3. The second kappa shape index (κ2) is 5.00. The van der Waals surface area contributed by atoms with Crippen LogP contribution >= 0.6 is 11.6 Å². The van der Waals surface area contributed by atoms with E-state index in [0.29, 0.717) is 11.9 Å². The lowest BCUT2D eigenvalue weighted by atomic mass is 9.92. The largest absolute Gasteiger partial charge is 0.478 e. The normalized spacial score (nSPS) is 26.3. The fourth-order valence-corrected chi connectivity index (χ4v) is 3.82. The molecule has 1 aromatic heterocycles. The quantitative estimate of drug-likeness (QED) is 0.904. The van der Waals surface area contributed by atoms with E-state index < -0.39 is 5.97 Å². The predicted molar refractivity (Wildman–Crippen MR) is 73.9 cm³/mol. The Balaban J connectivity index is 1.97. The van der Waals surface area contributed by atoms with Crippen LogP contribution in [0.1, 0.15) is 42.5 Å². The maximum Gasteiger partial charge on any atom is 0.337 e. The highest BCUT2D eigenvalue weighted by Crippen LogP contribution is 2.40. The summed E-state index contributed by atoms with van der Waals surface area (Å²) in [5.74, 6) is 0.381. The Kier molecular flexibility index (Phi) is 3.35. The van der Waals surface area contributed by atoms with Gasteiger partial charge in [0.25, 0.3) is 0 Å². The number of aromatic nitrogens is 1. The molecule has 5 heteroatoms. The van der Waals surface area contributed by atoms with Gasteiger partial charge in [-0.2, -0.15) is 0 Å². The molecule has 0 radical (unpaired) electrons. The van der Waals surface area contributed by atoms with E-state index in [1.165, 1.54) is 31.7 Å². The average molecular weight is 281 g/mol. The minimum absolute atomic E-state index is 0.145. The number of carboxylic acids is 1. The van der Waals surface area contributed by atoms with Crippen molar-refractivity contribution in [3.63, 3.8) is 0 Å². The van der Waals surface area contributed by atoms with E-state index in [9.17, 15) is 4.79 Å². The summed E-state index contributed by atoms with van der Waals surface area (Å²) in [5, 5.41) is 9.43. The smallest absolute Gasteiger partial charge is 0.337 e. The van der Waals surface area contributed by atoms with Gasteiger partial charge in [-0.1, -0.05) is 18.0 Å². The number of piperidine rings is 1. The van der Waals surface area contributed by atoms with Crippen LogP contribution in [0.5, 0.6) is 0 Å². The third kappa shape index (κ3) is 2.18. The summed E-state index contributed by atoms with van der Waals surface area (Å²) >= 11 is 6.24. The minimum atomic E-state index is -0.992. The van der Waals surface area contributed by atoms with Gasteiger partial charge >= 0.3 is 5.97 Å². The van der Waals surface area contributed by atoms with Crippen molar-refractivity contribution in [1.82, 2.24) is 4.98 Å². The third-order valence-corrected chi connectivity index (χ3v) is 4.74. The second-order valence-electron chi connectivity index (χ2n) is 5.40. The van der Waals surface area contributed by atoms with Gasteiger partial charge in [-0.15, -0.1) is 0 Å². The fraction of sp³-hybridized carbons (Fsp3) is 0.571. The van der Waals surface area contributed by atoms with Crippen molar-refractivity contribution in [2.75, 3.05) is 11.4 Å². The molecule has 1 saturated heterocycles. The van der Waals surface area contributed by atoms with Gasteiger partial charge in [0.15, 0.2) is 0 Å². The fourth-order valence-electron chi connectivity index (χ4n) is 3.52. The van der Waals surface area contributed by atoms with Gasteiger partial charge in [-0.3, -0.25) is 0 Å². The number of pyridine rings is 1. The van der Waals surface area contributed by atoms with Crippen molar-refractivity contribution in [3.8, 4) is 0 Å². The third-order valence-electron chi connectivity index (χ3n) is 4.37. The van der Waals surface area contributed by atoms with Crippen LogP contribution in [-0.4, -0.2) is 28.6 Å². The van der Waals surface area contributed by atoms with Gasteiger partial charge < -0.3 is 10.0 Å². The second-order valence-corrected chi connectivity index (χ2v) is 5.77. The van der Waals surface area contributed by atoms with E-state index in [0.717, 1.165) is 18.9 Å². The first-order valence-corrected chi connectivity index (χ1v) is 7.20. The molecule has 2 atom stereocenters. The number of anilines is 1. The first-order chi connectivity index (χ1) is 9.18. The highest BCUT2D eigenvalue weighted by atomic mass is 35.5. The Labute approximate surface area is 117 Å². The molecule has 0 amide bonds. The number of halogens is 1. The molecule has 2 aliphatic rings.